The standard InChI is InChI=1S/C15H22F2N2O3S/c1-19(2)12-4-3-11(9-12)18-23(20,21)14-7-5-13(6-8-14)22-10-15(16)17/h5-8,11-12,15,18H,3-4,9-10H2,1-2H3/t11-,12+/m0/s1. The molecule has 1 aliphatic rings. The van der Waals surface area contributed by atoms with Crippen molar-refractivity contribution in [3.8, 4) is 5.75 Å². The summed E-state index contributed by atoms with van der Waals surface area (Å²) in [6.45, 7) is -0.710. The number of alkyl halides is 2. The smallest absolute Gasteiger partial charge is 0.272 e. The predicted octanol–water partition coefficient (Wildman–Crippen LogP) is 2.09. The summed E-state index contributed by atoms with van der Waals surface area (Å²) in [5.74, 6) is 0.220. The number of halogens is 2. The molecule has 5 nitrogen and oxygen atoms in total. The highest BCUT2D eigenvalue weighted by molar-refractivity contribution is 7.89. The Morgan fingerprint density at radius 3 is 2.43 bits per heavy atom. The van der Waals surface area contributed by atoms with Crippen LogP contribution in [0.15, 0.2) is 29.2 Å². The molecule has 2 rings (SSSR count). The third-order valence-corrected chi connectivity index (χ3v) is 5.50. The van der Waals surface area contributed by atoms with Crippen molar-refractivity contribution in [2.45, 2.75) is 42.7 Å². The molecule has 0 aromatic heterocycles. The van der Waals surface area contributed by atoms with E-state index in [1.807, 2.05) is 14.1 Å². The zero-order valence-corrected chi connectivity index (χ0v) is 14.0. The Labute approximate surface area is 135 Å². The van der Waals surface area contributed by atoms with Crippen molar-refractivity contribution in [3.05, 3.63) is 24.3 Å². The third-order valence-electron chi connectivity index (χ3n) is 3.97. The maximum absolute atomic E-state index is 12.4. The molecule has 1 aliphatic carbocycles. The lowest BCUT2D eigenvalue weighted by molar-refractivity contribution is 0.0819. The lowest BCUT2D eigenvalue weighted by atomic mass is 10.2. The van der Waals surface area contributed by atoms with Crippen LogP contribution >= 0.6 is 0 Å². The first-order valence-electron chi connectivity index (χ1n) is 7.47. The van der Waals surface area contributed by atoms with Crippen molar-refractivity contribution in [2.24, 2.45) is 0 Å². The van der Waals surface area contributed by atoms with Gasteiger partial charge in [0, 0.05) is 12.1 Å². The fourth-order valence-electron chi connectivity index (χ4n) is 2.70. The summed E-state index contributed by atoms with van der Waals surface area (Å²) in [5.41, 5.74) is 0. The fraction of sp³-hybridized carbons (Fsp3) is 0.600. The monoisotopic (exact) mass is 348 g/mol. The molecule has 0 bridgehead atoms. The summed E-state index contributed by atoms with van der Waals surface area (Å²) in [4.78, 5) is 2.21. The van der Waals surface area contributed by atoms with Crippen LogP contribution in [0.4, 0.5) is 8.78 Å². The third kappa shape index (κ3) is 5.12. The molecule has 130 valence electrons. The summed E-state index contributed by atoms with van der Waals surface area (Å²) < 4.78 is 56.4. The summed E-state index contributed by atoms with van der Waals surface area (Å²) in [7, 11) is 0.358. The summed E-state index contributed by atoms with van der Waals surface area (Å²) in [6, 6.07) is 5.79. The van der Waals surface area contributed by atoms with Gasteiger partial charge in [-0.3, -0.25) is 0 Å². The summed E-state index contributed by atoms with van der Waals surface area (Å²) in [6.07, 6.45) is -0.0212. The molecular formula is C15H22F2N2O3S. The molecule has 0 radical (unpaired) electrons. The zero-order valence-electron chi connectivity index (χ0n) is 13.2. The van der Waals surface area contributed by atoms with Crippen molar-refractivity contribution < 1.29 is 21.9 Å². The van der Waals surface area contributed by atoms with Crippen molar-refractivity contribution in [1.29, 1.82) is 0 Å². The minimum atomic E-state index is -3.61. The largest absolute Gasteiger partial charge is 0.488 e. The number of benzene rings is 1. The van der Waals surface area contributed by atoms with Gasteiger partial charge in [-0.15, -0.1) is 0 Å². The van der Waals surface area contributed by atoms with Crippen LogP contribution in [-0.2, 0) is 10.0 Å². The quantitative estimate of drug-likeness (QED) is 0.820. The van der Waals surface area contributed by atoms with Crippen LogP contribution in [-0.4, -0.2) is 52.5 Å². The van der Waals surface area contributed by atoms with Gasteiger partial charge in [0.1, 0.15) is 12.4 Å². The van der Waals surface area contributed by atoms with Crippen LogP contribution in [0.2, 0.25) is 0 Å². The van der Waals surface area contributed by atoms with E-state index in [1.54, 1.807) is 0 Å². The van der Waals surface area contributed by atoms with Crippen LogP contribution in [0.3, 0.4) is 0 Å². The molecule has 0 aliphatic heterocycles. The number of nitrogens with one attached hydrogen (secondary N) is 1. The van der Waals surface area contributed by atoms with E-state index in [9.17, 15) is 17.2 Å². The van der Waals surface area contributed by atoms with E-state index >= 15 is 0 Å². The molecular weight excluding hydrogens is 326 g/mol. The molecule has 8 heteroatoms. The van der Waals surface area contributed by atoms with Gasteiger partial charge in [-0.05, 0) is 57.6 Å². The van der Waals surface area contributed by atoms with Crippen molar-refractivity contribution in [3.63, 3.8) is 0 Å². The highest BCUT2D eigenvalue weighted by atomic mass is 32.2. The maximum Gasteiger partial charge on any atom is 0.272 e. The van der Waals surface area contributed by atoms with E-state index in [0.717, 1.165) is 19.3 Å². The summed E-state index contributed by atoms with van der Waals surface area (Å²) >= 11 is 0. The van der Waals surface area contributed by atoms with Gasteiger partial charge in [-0.25, -0.2) is 21.9 Å². The Morgan fingerprint density at radius 2 is 1.91 bits per heavy atom. The second-order valence-corrected chi connectivity index (χ2v) is 7.64. The second-order valence-electron chi connectivity index (χ2n) is 5.92. The van der Waals surface area contributed by atoms with E-state index in [0.29, 0.717) is 6.04 Å². The molecule has 1 aromatic carbocycles. The van der Waals surface area contributed by atoms with E-state index in [1.165, 1.54) is 24.3 Å². The molecule has 23 heavy (non-hydrogen) atoms. The Kier molecular flexibility index (Phi) is 5.94. The van der Waals surface area contributed by atoms with Crippen LogP contribution in [0, 0.1) is 0 Å². The van der Waals surface area contributed by atoms with Gasteiger partial charge >= 0.3 is 0 Å². The van der Waals surface area contributed by atoms with Crippen molar-refractivity contribution >= 4 is 10.0 Å². The fourth-order valence-corrected chi connectivity index (χ4v) is 3.98. The van der Waals surface area contributed by atoms with E-state index in [2.05, 4.69) is 9.62 Å². The number of hydrogen-bond acceptors (Lipinski definition) is 4. The normalized spacial score (nSPS) is 22.0. The molecule has 0 unspecified atom stereocenters. The average Bonchev–Trinajstić information content (AvgIpc) is 2.93. The van der Waals surface area contributed by atoms with Crippen LogP contribution in [0.25, 0.3) is 0 Å². The van der Waals surface area contributed by atoms with Crippen LogP contribution in [0.1, 0.15) is 19.3 Å². The number of ether oxygens (including phenoxy) is 1. The molecule has 2 atom stereocenters. The topological polar surface area (TPSA) is 58.6 Å². The first kappa shape index (κ1) is 18.1. The number of rotatable bonds is 7. The van der Waals surface area contributed by atoms with Gasteiger partial charge in [0.2, 0.25) is 10.0 Å². The van der Waals surface area contributed by atoms with E-state index in [-0.39, 0.29) is 16.7 Å². The Bertz CT molecular complexity index is 606. The van der Waals surface area contributed by atoms with Gasteiger partial charge in [0.25, 0.3) is 6.43 Å². The lowest BCUT2D eigenvalue weighted by Crippen LogP contribution is -2.34. The van der Waals surface area contributed by atoms with Crippen LogP contribution in [0.5, 0.6) is 5.75 Å². The van der Waals surface area contributed by atoms with Gasteiger partial charge in [-0.1, -0.05) is 0 Å². The van der Waals surface area contributed by atoms with E-state index < -0.39 is 23.1 Å². The minimum Gasteiger partial charge on any atom is -0.488 e. The zero-order chi connectivity index (χ0) is 17.0. The maximum atomic E-state index is 12.4. The van der Waals surface area contributed by atoms with E-state index in [4.69, 9.17) is 4.74 Å². The van der Waals surface area contributed by atoms with Gasteiger partial charge in [-0.2, -0.15) is 0 Å². The van der Waals surface area contributed by atoms with Gasteiger partial charge in [0.15, 0.2) is 0 Å². The average molecular weight is 348 g/mol. The predicted molar refractivity (Wildman–Crippen MR) is 83.4 cm³/mol. The highest BCUT2D eigenvalue weighted by Crippen LogP contribution is 2.24. The molecule has 1 saturated carbocycles. The number of hydrogen-bond donors (Lipinski definition) is 1. The number of nitrogens with zero attached hydrogens (tertiary/aromatic N) is 1. The van der Waals surface area contributed by atoms with Gasteiger partial charge in [0.05, 0.1) is 4.90 Å². The first-order chi connectivity index (χ1) is 10.8. The molecule has 0 heterocycles. The molecule has 0 amide bonds. The van der Waals surface area contributed by atoms with Gasteiger partial charge < -0.3 is 9.64 Å². The molecule has 0 saturated heterocycles. The summed E-state index contributed by atoms with van der Waals surface area (Å²) in [5, 5.41) is 0. The molecule has 1 N–H and O–H groups in total. The molecule has 1 aromatic rings. The van der Waals surface area contributed by atoms with Crippen LogP contribution < -0.4 is 9.46 Å². The highest BCUT2D eigenvalue weighted by Gasteiger charge is 2.29. The molecule has 1 fully saturated rings. The van der Waals surface area contributed by atoms with Crippen molar-refractivity contribution in [2.75, 3.05) is 20.7 Å². The van der Waals surface area contributed by atoms with Crippen molar-refractivity contribution in [1.82, 2.24) is 9.62 Å². The molecule has 0 spiro atoms. The second kappa shape index (κ2) is 7.55. The lowest BCUT2D eigenvalue weighted by Gasteiger charge is -2.19. The minimum absolute atomic E-state index is 0.0813. The SMILES string of the molecule is CN(C)[C@@H]1CC[C@H](NS(=O)(=O)c2ccc(OCC(F)F)cc2)C1. The first-order valence-corrected chi connectivity index (χ1v) is 8.96. The Balaban J connectivity index is 1.97. The number of sulfonamides is 1. The Hall–Kier alpha value is -1.25. The Morgan fingerprint density at radius 1 is 1.26 bits per heavy atom.